The van der Waals surface area contributed by atoms with E-state index in [0.717, 1.165) is 24.3 Å². The maximum atomic E-state index is 13.2. The van der Waals surface area contributed by atoms with E-state index in [0.29, 0.717) is 11.4 Å². The Morgan fingerprint density at radius 2 is 1.59 bits per heavy atom. The topological polar surface area (TPSA) is 109 Å². The lowest BCUT2D eigenvalue weighted by Gasteiger charge is -2.17. The second-order valence-corrected chi connectivity index (χ2v) is 9.11. The molecule has 0 aliphatic rings. The molecule has 0 amide bonds. The zero-order valence-corrected chi connectivity index (χ0v) is 19.1. The zero-order valence-electron chi connectivity index (χ0n) is 18.3. The van der Waals surface area contributed by atoms with Crippen molar-refractivity contribution in [1.29, 1.82) is 0 Å². The molecule has 0 aliphatic carbocycles. The van der Waals surface area contributed by atoms with Crippen LogP contribution in [0.3, 0.4) is 0 Å². The maximum absolute atomic E-state index is 13.2. The Labute approximate surface area is 195 Å². The minimum atomic E-state index is -4.09. The highest BCUT2D eigenvalue weighted by atomic mass is 32.2. The minimum Gasteiger partial charge on any atom is -0.858 e. The van der Waals surface area contributed by atoms with Gasteiger partial charge < -0.3 is 5.11 Å². The summed E-state index contributed by atoms with van der Waals surface area (Å²) < 4.78 is 44.0. The van der Waals surface area contributed by atoms with Gasteiger partial charge in [0.05, 0.1) is 22.0 Å². The van der Waals surface area contributed by atoms with Crippen LogP contribution in [-0.2, 0) is 17.1 Å². The normalized spacial score (nSPS) is 12.0. The number of benzene rings is 3. The van der Waals surface area contributed by atoms with Crippen molar-refractivity contribution < 1.29 is 17.9 Å². The smallest absolute Gasteiger partial charge is 0.297 e. The molecule has 4 rings (SSSR count). The maximum Gasteiger partial charge on any atom is 0.297 e. The number of sulfonamides is 1. The first kappa shape index (κ1) is 23.0. The zero-order chi connectivity index (χ0) is 24.5. The molecule has 174 valence electrons. The molecule has 0 atom stereocenters. The van der Waals surface area contributed by atoms with E-state index < -0.39 is 27.3 Å². The van der Waals surface area contributed by atoms with Gasteiger partial charge in [0.15, 0.2) is 5.69 Å². The van der Waals surface area contributed by atoms with E-state index >= 15 is 0 Å². The van der Waals surface area contributed by atoms with Crippen LogP contribution >= 0.6 is 0 Å². The quantitative estimate of drug-likeness (QED) is 0.339. The minimum absolute atomic E-state index is 0.0162. The average molecular weight is 480 g/mol. The van der Waals surface area contributed by atoms with Gasteiger partial charge in [-0.15, -0.1) is 0 Å². The molecule has 3 aromatic carbocycles. The number of para-hydroxylation sites is 2. The molecule has 0 aliphatic heterocycles. The third-order valence-corrected chi connectivity index (χ3v) is 6.64. The van der Waals surface area contributed by atoms with Crippen LogP contribution in [0.1, 0.15) is 11.3 Å². The molecule has 1 aromatic heterocycles. The lowest BCUT2D eigenvalue weighted by molar-refractivity contribution is -0.212. The fourth-order valence-corrected chi connectivity index (χ4v) is 4.50. The summed E-state index contributed by atoms with van der Waals surface area (Å²) in [6.45, 7) is 1.66. The van der Waals surface area contributed by atoms with Gasteiger partial charge >= 0.3 is 0 Å². The lowest BCUT2D eigenvalue weighted by Crippen LogP contribution is -2.23. The first-order valence-electron chi connectivity index (χ1n) is 10.2. The Balaban J connectivity index is 1.75. The van der Waals surface area contributed by atoms with E-state index in [1.807, 2.05) is 6.07 Å². The van der Waals surface area contributed by atoms with Crippen LogP contribution in [0, 0.1) is 12.7 Å². The molecule has 0 radical (unpaired) electrons. The van der Waals surface area contributed by atoms with E-state index in [1.54, 1.807) is 55.1 Å². The number of halogens is 1. The van der Waals surface area contributed by atoms with Crippen LogP contribution in [0.4, 0.5) is 15.8 Å². The van der Waals surface area contributed by atoms with E-state index in [-0.39, 0.29) is 21.8 Å². The van der Waals surface area contributed by atoms with Gasteiger partial charge in [0.1, 0.15) is 5.82 Å². The van der Waals surface area contributed by atoms with Gasteiger partial charge in [-0.25, -0.2) is 17.5 Å². The molecule has 0 bridgehead atoms. The Bertz CT molecular complexity index is 1540. The Hall–Kier alpha value is -4.18. The van der Waals surface area contributed by atoms with Crippen LogP contribution < -0.4 is 15.4 Å². The number of aromatic nitrogens is 2. The molecule has 10 heteroatoms. The van der Waals surface area contributed by atoms with Gasteiger partial charge in [0, 0.05) is 12.6 Å². The van der Waals surface area contributed by atoms with Crippen molar-refractivity contribution in [2.75, 3.05) is 4.72 Å². The second kappa shape index (κ2) is 8.99. The van der Waals surface area contributed by atoms with Gasteiger partial charge in [0.25, 0.3) is 15.6 Å². The second-order valence-electron chi connectivity index (χ2n) is 7.43. The fourth-order valence-electron chi connectivity index (χ4n) is 3.42. The standard InChI is InChI=1S/C24H21FN4O4S/c1-16-22(24(31)29(28(16)2)18-8-4-3-5-9-18)26-23(30)20-10-6-7-11-21(20)27-34(32,33)19-14-12-17(25)13-15-19/h3-15,27H,1-2H3,(H,26,30)/p-1. The summed E-state index contributed by atoms with van der Waals surface area (Å²) in [6, 6.07) is 19.1. The molecule has 0 saturated heterocycles. The predicted octanol–water partition coefficient (Wildman–Crippen LogP) is 2.86. The molecule has 0 unspecified atom stereocenters. The summed E-state index contributed by atoms with van der Waals surface area (Å²) in [5, 5.41) is 13.1. The summed E-state index contributed by atoms with van der Waals surface area (Å²) in [5.41, 5.74) is 0.488. The molecule has 0 fully saturated rings. The van der Waals surface area contributed by atoms with E-state index in [1.165, 1.54) is 16.8 Å². The van der Waals surface area contributed by atoms with Crippen LogP contribution in [0.25, 0.3) is 5.69 Å². The van der Waals surface area contributed by atoms with Crippen molar-refractivity contribution in [3.63, 3.8) is 0 Å². The molecule has 1 N–H and O–H groups in total. The van der Waals surface area contributed by atoms with Crippen LogP contribution in [0.2, 0.25) is 0 Å². The van der Waals surface area contributed by atoms with Gasteiger partial charge in [-0.05, 0) is 55.3 Å². The monoisotopic (exact) mass is 479 g/mol. The number of hydrogen-bond donors (Lipinski definition) is 1. The summed E-state index contributed by atoms with van der Waals surface area (Å²) in [7, 11) is -2.42. The van der Waals surface area contributed by atoms with Crippen molar-refractivity contribution in [1.82, 2.24) is 9.36 Å². The number of hydrogen-bond acceptors (Lipinski definition) is 5. The van der Waals surface area contributed by atoms with Crippen molar-refractivity contribution >= 4 is 27.3 Å². The Morgan fingerprint density at radius 3 is 2.26 bits per heavy atom. The van der Waals surface area contributed by atoms with Crippen LogP contribution in [-0.4, -0.2) is 23.7 Å². The highest BCUT2D eigenvalue weighted by molar-refractivity contribution is 7.92. The lowest BCUT2D eigenvalue weighted by atomic mass is 10.2. The number of anilines is 1. The number of nitrogens with zero attached hydrogens (tertiary/aromatic N) is 3. The van der Waals surface area contributed by atoms with Crippen LogP contribution in [0.15, 0.2) is 93.5 Å². The summed E-state index contributed by atoms with van der Waals surface area (Å²) >= 11 is 0. The number of rotatable bonds is 6. The molecular formula is C24H20FN4O4S-. The summed E-state index contributed by atoms with van der Waals surface area (Å²) in [5.74, 6) is -1.36. The molecule has 4 aromatic rings. The van der Waals surface area contributed by atoms with Gasteiger partial charge in [-0.3, -0.25) is 19.2 Å². The summed E-state index contributed by atoms with van der Waals surface area (Å²) in [6.07, 6.45) is 0. The summed E-state index contributed by atoms with van der Waals surface area (Å²) in [4.78, 5) is 16.9. The number of aliphatic imine (C=N–C) groups is 1. The molecule has 34 heavy (non-hydrogen) atoms. The first-order chi connectivity index (χ1) is 16.2. The van der Waals surface area contributed by atoms with E-state index in [2.05, 4.69) is 9.71 Å². The first-order valence-corrected chi connectivity index (χ1v) is 11.6. The molecule has 0 saturated carbocycles. The SMILES string of the molecule is Cc1c(N=C([O-])c2ccccc2NS(=O)(=O)c2ccc(F)cc2)c(=O)n(-c2ccccc2)n1C. The van der Waals surface area contributed by atoms with Crippen LogP contribution in [0.5, 0.6) is 0 Å². The van der Waals surface area contributed by atoms with Crippen molar-refractivity contribution in [3.05, 3.63) is 106 Å². The molecule has 1 heterocycles. The van der Waals surface area contributed by atoms with Crippen molar-refractivity contribution in [3.8, 4) is 5.69 Å². The van der Waals surface area contributed by atoms with Crippen molar-refractivity contribution in [2.45, 2.75) is 11.8 Å². The predicted molar refractivity (Wildman–Crippen MR) is 126 cm³/mol. The van der Waals surface area contributed by atoms with Crippen molar-refractivity contribution in [2.24, 2.45) is 12.0 Å². The Morgan fingerprint density at radius 1 is 0.971 bits per heavy atom. The largest absolute Gasteiger partial charge is 0.858 e. The third kappa shape index (κ3) is 4.35. The highest BCUT2D eigenvalue weighted by Crippen LogP contribution is 2.23. The van der Waals surface area contributed by atoms with Gasteiger partial charge in [-0.2, -0.15) is 0 Å². The molecule has 8 nitrogen and oxygen atoms in total. The fraction of sp³-hybridized carbons (Fsp3) is 0.0833. The molecule has 0 spiro atoms. The van der Waals surface area contributed by atoms with Gasteiger partial charge in [0.2, 0.25) is 0 Å². The van der Waals surface area contributed by atoms with E-state index in [4.69, 9.17) is 0 Å². The van der Waals surface area contributed by atoms with E-state index in [9.17, 15) is 22.7 Å². The number of nitrogens with one attached hydrogen (secondary N) is 1. The third-order valence-electron chi connectivity index (χ3n) is 5.26. The molecular weight excluding hydrogens is 459 g/mol. The Kier molecular flexibility index (Phi) is 6.08. The highest BCUT2D eigenvalue weighted by Gasteiger charge is 2.18. The average Bonchev–Trinajstić information content (AvgIpc) is 3.03. The van der Waals surface area contributed by atoms with Gasteiger partial charge in [-0.1, -0.05) is 36.4 Å².